The lowest BCUT2D eigenvalue weighted by Gasteiger charge is -2.51. The second-order valence-electron chi connectivity index (χ2n) is 9.45. The first-order chi connectivity index (χ1) is 14.6. The molecule has 2 heterocycles. The third-order valence-electron chi connectivity index (χ3n) is 7.66. The first kappa shape index (κ1) is 20.4. The van der Waals surface area contributed by atoms with Crippen LogP contribution in [0.15, 0.2) is 17.1 Å². The van der Waals surface area contributed by atoms with Crippen LogP contribution >= 0.6 is 0 Å². The molecule has 2 aromatic rings. The zero-order valence-corrected chi connectivity index (χ0v) is 17.4. The molecule has 2 aliphatic carbocycles. The minimum Gasteiger partial charge on any atom is -0.449 e. The lowest BCUT2D eigenvalue weighted by Crippen LogP contribution is -2.56. The SMILES string of the molecule is Cc1c(C2NCC(C)(N)C23CCC3)c(F)cc2c(=O)c(OC(=O)O)cn([C@@H]3C[C@@H]3F)c12. The number of alkyl halides is 1. The summed E-state index contributed by atoms with van der Waals surface area (Å²) < 4.78 is 35.7. The third-order valence-corrected chi connectivity index (χ3v) is 7.66. The monoisotopic (exact) mass is 433 g/mol. The van der Waals surface area contributed by atoms with Gasteiger partial charge >= 0.3 is 6.16 Å². The molecule has 166 valence electrons. The number of fused-ring (bicyclic) bond motifs is 1. The van der Waals surface area contributed by atoms with Gasteiger partial charge in [0.25, 0.3) is 0 Å². The molecule has 1 aliphatic heterocycles. The van der Waals surface area contributed by atoms with Crippen molar-refractivity contribution in [2.45, 2.75) is 63.3 Å². The highest BCUT2D eigenvalue weighted by molar-refractivity contribution is 5.85. The minimum absolute atomic E-state index is 0.0206. The van der Waals surface area contributed by atoms with Crippen LogP contribution in [0.5, 0.6) is 5.75 Å². The summed E-state index contributed by atoms with van der Waals surface area (Å²) in [7, 11) is 0. The van der Waals surface area contributed by atoms with Gasteiger partial charge in [0.1, 0.15) is 12.0 Å². The van der Waals surface area contributed by atoms with Gasteiger partial charge in [0, 0.05) is 35.5 Å². The summed E-state index contributed by atoms with van der Waals surface area (Å²) in [6, 6.07) is 0.255. The first-order valence-electron chi connectivity index (χ1n) is 10.5. The van der Waals surface area contributed by atoms with Gasteiger partial charge in [0.2, 0.25) is 5.43 Å². The molecule has 3 fully saturated rings. The van der Waals surface area contributed by atoms with Gasteiger partial charge in [-0.15, -0.1) is 0 Å². The van der Waals surface area contributed by atoms with E-state index in [1.165, 1.54) is 10.8 Å². The molecule has 1 spiro atoms. The van der Waals surface area contributed by atoms with Crippen molar-refractivity contribution in [3.8, 4) is 5.75 Å². The van der Waals surface area contributed by atoms with Crippen LogP contribution in [0.3, 0.4) is 0 Å². The topological polar surface area (TPSA) is 107 Å². The standard InChI is InChI=1S/C22H25F2N3O4/c1-10-16(19-22(4-3-5-22)21(2,25)9-26-19)13(24)6-11-17(10)27(14-7-12(14)23)8-15(18(11)28)31-20(29)30/h6,8,12,14,19,26H,3-5,7,9,25H2,1-2H3,(H,29,30)/t12-,14+,19?,21?/m0/s1. The second-order valence-corrected chi connectivity index (χ2v) is 9.45. The van der Waals surface area contributed by atoms with Crippen molar-refractivity contribution in [3.63, 3.8) is 0 Å². The molecule has 4 atom stereocenters. The number of ether oxygens (including phenoxy) is 1. The first-order valence-corrected chi connectivity index (χ1v) is 10.5. The zero-order chi connectivity index (χ0) is 22.3. The Labute approximate surface area is 177 Å². The molecule has 9 heteroatoms. The van der Waals surface area contributed by atoms with E-state index in [1.807, 2.05) is 6.92 Å². The maximum Gasteiger partial charge on any atom is 0.511 e. The van der Waals surface area contributed by atoms with E-state index in [2.05, 4.69) is 10.1 Å². The van der Waals surface area contributed by atoms with Crippen molar-refractivity contribution in [3.05, 3.63) is 39.4 Å². The van der Waals surface area contributed by atoms with E-state index in [0.717, 1.165) is 25.3 Å². The fourth-order valence-electron chi connectivity index (χ4n) is 5.70. The Balaban J connectivity index is 1.76. The molecule has 3 aliphatic rings. The summed E-state index contributed by atoms with van der Waals surface area (Å²) in [4.78, 5) is 23.9. The number of carboxylic acid groups (broad SMARTS) is 1. The molecular weight excluding hydrogens is 408 g/mol. The maximum absolute atomic E-state index is 15.5. The summed E-state index contributed by atoms with van der Waals surface area (Å²) in [6.45, 7) is 4.25. The van der Waals surface area contributed by atoms with Gasteiger partial charge in [-0.2, -0.15) is 0 Å². The van der Waals surface area contributed by atoms with Crippen molar-refractivity contribution in [2.24, 2.45) is 11.1 Å². The summed E-state index contributed by atoms with van der Waals surface area (Å²) in [5.74, 6) is -1.02. The Bertz CT molecular complexity index is 1170. The lowest BCUT2D eigenvalue weighted by atomic mass is 9.55. The van der Waals surface area contributed by atoms with Crippen LogP contribution in [0, 0.1) is 18.2 Å². The molecule has 1 aromatic carbocycles. The van der Waals surface area contributed by atoms with E-state index in [-0.39, 0.29) is 23.3 Å². The molecule has 31 heavy (non-hydrogen) atoms. The molecule has 0 radical (unpaired) electrons. The molecule has 1 saturated heterocycles. The Hall–Kier alpha value is -2.52. The van der Waals surface area contributed by atoms with Crippen molar-refractivity contribution in [2.75, 3.05) is 6.54 Å². The summed E-state index contributed by atoms with van der Waals surface area (Å²) >= 11 is 0. The minimum atomic E-state index is -1.66. The summed E-state index contributed by atoms with van der Waals surface area (Å²) in [5, 5.41) is 12.3. The van der Waals surface area contributed by atoms with Gasteiger partial charge in [-0.05, 0) is 38.3 Å². The molecule has 2 unspecified atom stereocenters. The largest absolute Gasteiger partial charge is 0.511 e. The van der Waals surface area contributed by atoms with E-state index in [0.29, 0.717) is 23.2 Å². The van der Waals surface area contributed by atoms with Crippen LogP contribution in [-0.2, 0) is 0 Å². The van der Waals surface area contributed by atoms with Gasteiger partial charge in [-0.3, -0.25) is 4.79 Å². The van der Waals surface area contributed by atoms with Gasteiger partial charge < -0.3 is 25.5 Å². The predicted molar refractivity (Wildman–Crippen MR) is 110 cm³/mol. The lowest BCUT2D eigenvalue weighted by molar-refractivity contribution is 0.0452. The zero-order valence-electron chi connectivity index (χ0n) is 17.4. The Morgan fingerprint density at radius 1 is 1.42 bits per heavy atom. The highest BCUT2D eigenvalue weighted by Crippen LogP contribution is 2.60. The highest BCUT2D eigenvalue weighted by Gasteiger charge is 2.60. The number of nitrogens with two attached hydrogens (primary N) is 1. The number of aromatic nitrogens is 1. The summed E-state index contributed by atoms with van der Waals surface area (Å²) in [6.07, 6.45) is 1.46. The number of hydrogen-bond donors (Lipinski definition) is 3. The second kappa shape index (κ2) is 6.49. The normalized spacial score (nSPS) is 31.1. The van der Waals surface area contributed by atoms with E-state index >= 15 is 4.39 Å². The van der Waals surface area contributed by atoms with E-state index < -0.39 is 40.9 Å². The highest BCUT2D eigenvalue weighted by atomic mass is 19.1. The summed E-state index contributed by atoms with van der Waals surface area (Å²) in [5.41, 5.74) is 6.46. The van der Waals surface area contributed by atoms with Crippen LogP contribution in [0.4, 0.5) is 13.6 Å². The smallest absolute Gasteiger partial charge is 0.449 e. The van der Waals surface area contributed by atoms with Crippen LogP contribution in [0.1, 0.15) is 55.8 Å². The van der Waals surface area contributed by atoms with Crippen LogP contribution < -0.4 is 21.2 Å². The fraction of sp³-hybridized carbons (Fsp3) is 0.545. The van der Waals surface area contributed by atoms with E-state index in [9.17, 15) is 14.0 Å². The van der Waals surface area contributed by atoms with Crippen molar-refractivity contribution in [1.82, 2.24) is 9.88 Å². The molecule has 2 saturated carbocycles. The Morgan fingerprint density at radius 2 is 2.10 bits per heavy atom. The molecule has 1 aromatic heterocycles. The molecule has 0 bridgehead atoms. The van der Waals surface area contributed by atoms with Crippen LogP contribution in [-0.4, -0.2) is 34.1 Å². The molecule has 0 amide bonds. The van der Waals surface area contributed by atoms with Gasteiger partial charge in [0.05, 0.1) is 23.1 Å². The quantitative estimate of drug-likeness (QED) is 0.641. The Morgan fingerprint density at radius 3 is 2.65 bits per heavy atom. The van der Waals surface area contributed by atoms with Crippen molar-refractivity contribution >= 4 is 17.1 Å². The average Bonchev–Trinajstić information content (AvgIpc) is 3.28. The Kier molecular flexibility index (Phi) is 4.27. The fourth-order valence-corrected chi connectivity index (χ4v) is 5.70. The van der Waals surface area contributed by atoms with Crippen LogP contribution in [0.2, 0.25) is 0 Å². The number of hydrogen-bond acceptors (Lipinski definition) is 5. The van der Waals surface area contributed by atoms with E-state index in [1.54, 1.807) is 6.92 Å². The number of benzene rings is 1. The molecular formula is C22H25F2N3O4. The number of carbonyl (C=O) groups is 1. The molecule has 5 rings (SSSR count). The van der Waals surface area contributed by atoms with Crippen molar-refractivity contribution < 1.29 is 23.4 Å². The number of rotatable bonds is 3. The maximum atomic E-state index is 15.5. The third kappa shape index (κ3) is 2.75. The number of pyridine rings is 1. The van der Waals surface area contributed by atoms with E-state index in [4.69, 9.17) is 10.8 Å². The molecule has 4 N–H and O–H groups in total. The van der Waals surface area contributed by atoms with Gasteiger partial charge in [-0.25, -0.2) is 13.6 Å². The number of nitrogens with one attached hydrogen (secondary N) is 1. The predicted octanol–water partition coefficient (Wildman–Crippen LogP) is 3.32. The number of aryl methyl sites for hydroxylation is 1. The molecule has 7 nitrogen and oxygen atoms in total. The number of nitrogens with zero attached hydrogens (tertiary/aromatic N) is 1. The van der Waals surface area contributed by atoms with Crippen LogP contribution in [0.25, 0.3) is 10.9 Å². The average molecular weight is 433 g/mol. The van der Waals surface area contributed by atoms with Crippen molar-refractivity contribution in [1.29, 1.82) is 0 Å². The van der Waals surface area contributed by atoms with Gasteiger partial charge in [0.15, 0.2) is 5.75 Å². The number of halogens is 2. The van der Waals surface area contributed by atoms with Gasteiger partial charge in [-0.1, -0.05) is 6.42 Å².